The Morgan fingerprint density at radius 2 is 1.91 bits per heavy atom. The molecule has 0 bridgehead atoms. The van der Waals surface area contributed by atoms with Crippen molar-refractivity contribution in [2.45, 2.75) is 11.8 Å². The Hall–Kier alpha value is -3.91. The van der Waals surface area contributed by atoms with Gasteiger partial charge in [-0.05, 0) is 78.2 Å². The molecule has 0 atom stereocenters. The maximum Gasteiger partial charge on any atom is 0.142 e. The molecule has 0 aliphatic rings. The summed E-state index contributed by atoms with van der Waals surface area (Å²) in [6, 6.07) is 14.4. The second-order valence-corrected chi connectivity index (χ2v) is 8.16. The van der Waals surface area contributed by atoms with Gasteiger partial charge in [-0.15, -0.1) is 0 Å². The van der Waals surface area contributed by atoms with E-state index >= 15 is 4.39 Å². The number of benzene rings is 3. The van der Waals surface area contributed by atoms with Gasteiger partial charge in [0.25, 0.3) is 0 Å². The Bertz CT molecular complexity index is 1290. The number of aliphatic hydroxyl groups excluding tert-OH is 1. The molecule has 3 rings (SSSR count). The highest BCUT2D eigenvalue weighted by molar-refractivity contribution is 7.98. The van der Waals surface area contributed by atoms with E-state index in [9.17, 15) is 9.18 Å². The van der Waals surface area contributed by atoms with Crippen LogP contribution in [0.25, 0.3) is 17.2 Å². The maximum absolute atomic E-state index is 15.1. The van der Waals surface area contributed by atoms with Crippen molar-refractivity contribution in [3.05, 3.63) is 95.8 Å². The van der Waals surface area contributed by atoms with Gasteiger partial charge in [-0.3, -0.25) is 4.79 Å². The summed E-state index contributed by atoms with van der Waals surface area (Å²) in [6.07, 6.45) is 5.75. The topological polar surface area (TPSA) is 78.9 Å². The largest absolute Gasteiger partial charge is 0.515 e. The van der Waals surface area contributed by atoms with Gasteiger partial charge in [0.05, 0.1) is 6.26 Å². The van der Waals surface area contributed by atoms with E-state index in [4.69, 9.17) is 10.8 Å². The van der Waals surface area contributed by atoms with E-state index < -0.39 is 11.6 Å². The summed E-state index contributed by atoms with van der Waals surface area (Å²) in [5, 5.41) is 8.77. The van der Waals surface area contributed by atoms with Gasteiger partial charge >= 0.3 is 0 Å². The molecule has 34 heavy (non-hydrogen) atoms. The fraction of sp³-hybridized carbons (Fsp3) is 0.0769. The van der Waals surface area contributed by atoms with Crippen molar-refractivity contribution in [3.63, 3.8) is 0 Å². The first-order valence-electron chi connectivity index (χ1n) is 10.2. The molecule has 0 fully saturated rings. The third-order valence-electron chi connectivity index (χ3n) is 5.00. The first-order valence-corrected chi connectivity index (χ1v) is 11.0. The number of rotatable bonds is 8. The van der Waals surface area contributed by atoms with Crippen molar-refractivity contribution < 1.29 is 18.7 Å². The third-order valence-corrected chi connectivity index (χ3v) is 5.77. The lowest BCUT2D eigenvalue weighted by molar-refractivity contribution is -0.104. The number of nitrogens with zero attached hydrogens (tertiary/aromatic N) is 2. The third kappa shape index (κ3) is 5.90. The van der Waals surface area contributed by atoms with Gasteiger partial charge in [-0.25, -0.2) is 8.78 Å². The highest BCUT2D eigenvalue weighted by atomic mass is 32.2. The Kier molecular flexibility index (Phi) is 8.21. The molecular formula is C26H23F2N3O2S. The molecule has 0 aliphatic carbocycles. The molecule has 0 unspecified atom stereocenters. The summed E-state index contributed by atoms with van der Waals surface area (Å²) in [4.78, 5) is 13.5. The molecule has 0 spiro atoms. The number of aliphatic hydroxyl groups is 1. The fourth-order valence-electron chi connectivity index (χ4n) is 3.42. The zero-order valence-electron chi connectivity index (χ0n) is 18.6. The second-order valence-electron chi connectivity index (χ2n) is 7.33. The van der Waals surface area contributed by atoms with E-state index in [-0.39, 0.29) is 5.84 Å². The average Bonchev–Trinajstić information content (AvgIpc) is 2.82. The molecule has 0 heterocycles. The summed E-state index contributed by atoms with van der Waals surface area (Å²) >= 11 is 1.11. The van der Waals surface area contributed by atoms with Gasteiger partial charge in [-0.2, -0.15) is 4.40 Å². The number of carbonyl (C=O) groups is 1. The molecule has 0 aliphatic heterocycles. The number of aldehydes is 1. The Morgan fingerprint density at radius 3 is 2.62 bits per heavy atom. The SMILES string of the molecule is Cc1cc(-c2cccc(F)c2)c(F)cc1N(C)c1ccc(S/N=C(N)/C=C\O)cc1/C=C\C=O. The number of anilines is 2. The molecule has 0 saturated heterocycles. The van der Waals surface area contributed by atoms with E-state index in [0.717, 1.165) is 34.4 Å². The fourth-order valence-corrected chi connectivity index (χ4v) is 4.00. The van der Waals surface area contributed by atoms with Gasteiger partial charge in [0.15, 0.2) is 0 Å². The Morgan fingerprint density at radius 1 is 1.12 bits per heavy atom. The number of halogens is 2. The van der Waals surface area contributed by atoms with Crippen LogP contribution in [0.2, 0.25) is 0 Å². The minimum atomic E-state index is -0.475. The molecule has 0 saturated carbocycles. The van der Waals surface area contributed by atoms with E-state index in [1.54, 1.807) is 31.3 Å². The number of hydrogen-bond donors (Lipinski definition) is 2. The lowest BCUT2D eigenvalue weighted by atomic mass is 10.0. The number of carbonyl (C=O) groups excluding carboxylic acids is 1. The number of hydrogen-bond acceptors (Lipinski definition) is 5. The van der Waals surface area contributed by atoms with Crippen LogP contribution in [0.1, 0.15) is 11.1 Å². The molecular weight excluding hydrogens is 456 g/mol. The van der Waals surface area contributed by atoms with Crippen LogP contribution in [0.4, 0.5) is 20.2 Å². The van der Waals surface area contributed by atoms with Crippen LogP contribution in [0.3, 0.4) is 0 Å². The molecule has 3 aromatic rings. The number of allylic oxidation sites excluding steroid dienone is 1. The zero-order valence-corrected chi connectivity index (χ0v) is 19.4. The van der Waals surface area contributed by atoms with Crippen LogP contribution in [-0.2, 0) is 4.79 Å². The van der Waals surface area contributed by atoms with Crippen molar-refractivity contribution in [1.82, 2.24) is 0 Å². The molecule has 5 nitrogen and oxygen atoms in total. The molecule has 3 aromatic carbocycles. The average molecular weight is 480 g/mol. The molecule has 3 N–H and O–H groups in total. The van der Waals surface area contributed by atoms with Crippen LogP contribution in [0.15, 0.2) is 82.3 Å². The normalized spacial score (nSPS) is 11.9. The highest BCUT2D eigenvalue weighted by Crippen LogP contribution is 2.36. The molecule has 0 amide bonds. The highest BCUT2D eigenvalue weighted by Gasteiger charge is 2.16. The van der Waals surface area contributed by atoms with Gasteiger partial charge in [0.2, 0.25) is 0 Å². The van der Waals surface area contributed by atoms with Gasteiger partial charge < -0.3 is 15.7 Å². The minimum absolute atomic E-state index is 0.142. The van der Waals surface area contributed by atoms with Crippen molar-refractivity contribution in [3.8, 4) is 11.1 Å². The van der Waals surface area contributed by atoms with E-state index in [1.165, 1.54) is 30.4 Å². The quantitative estimate of drug-likeness (QED) is 0.0982. The van der Waals surface area contributed by atoms with Crippen molar-refractivity contribution in [1.29, 1.82) is 0 Å². The summed E-state index contributed by atoms with van der Waals surface area (Å²) in [7, 11) is 1.80. The number of nitrogens with two attached hydrogens (primary N) is 1. The van der Waals surface area contributed by atoms with Crippen LogP contribution in [0.5, 0.6) is 0 Å². The first-order chi connectivity index (χ1) is 16.3. The molecule has 174 valence electrons. The van der Waals surface area contributed by atoms with E-state index in [0.29, 0.717) is 28.7 Å². The standard InChI is InChI=1S/C26H23F2N3O2S/c1-17-13-22(18-5-3-7-20(27)14-18)23(28)16-25(17)31(2)24-9-8-21(15-19(24)6-4-11-32)34-30-26(29)10-12-33/h3-16,33H,1-2H3,(H2,29,30)/b6-4-,12-10-. The van der Waals surface area contributed by atoms with E-state index in [1.807, 2.05) is 30.0 Å². The minimum Gasteiger partial charge on any atom is -0.515 e. The van der Waals surface area contributed by atoms with Crippen LogP contribution < -0.4 is 10.6 Å². The monoisotopic (exact) mass is 479 g/mol. The van der Waals surface area contributed by atoms with Gasteiger partial charge in [-0.1, -0.05) is 12.1 Å². The van der Waals surface area contributed by atoms with Crippen molar-refractivity contribution in [2.75, 3.05) is 11.9 Å². The second kappa shape index (κ2) is 11.3. The predicted molar refractivity (Wildman–Crippen MR) is 135 cm³/mol. The van der Waals surface area contributed by atoms with Gasteiger partial charge in [0.1, 0.15) is 23.8 Å². The van der Waals surface area contributed by atoms with Crippen LogP contribution >= 0.6 is 11.9 Å². The smallest absolute Gasteiger partial charge is 0.142 e. The summed E-state index contributed by atoms with van der Waals surface area (Å²) in [5.41, 5.74) is 9.28. The number of aryl methyl sites for hydroxylation is 1. The summed E-state index contributed by atoms with van der Waals surface area (Å²) in [5.74, 6) is -0.765. The van der Waals surface area contributed by atoms with Crippen LogP contribution in [-0.4, -0.2) is 24.3 Å². The first kappa shape index (κ1) is 24.7. The summed E-state index contributed by atoms with van der Waals surface area (Å²) in [6.45, 7) is 1.85. The van der Waals surface area contributed by atoms with Gasteiger partial charge in [0, 0.05) is 46.9 Å². The molecule has 8 heteroatoms. The number of amidine groups is 1. The van der Waals surface area contributed by atoms with E-state index in [2.05, 4.69) is 4.40 Å². The zero-order chi connectivity index (χ0) is 24.7. The summed E-state index contributed by atoms with van der Waals surface area (Å²) < 4.78 is 32.8. The lowest BCUT2D eigenvalue weighted by Crippen LogP contribution is -2.13. The van der Waals surface area contributed by atoms with Crippen molar-refractivity contribution >= 4 is 41.5 Å². The maximum atomic E-state index is 15.1. The molecule has 0 radical (unpaired) electrons. The molecule has 0 aromatic heterocycles. The van der Waals surface area contributed by atoms with Crippen molar-refractivity contribution in [2.24, 2.45) is 10.1 Å². The predicted octanol–water partition coefficient (Wildman–Crippen LogP) is 6.36. The van der Waals surface area contributed by atoms with Crippen LogP contribution in [0, 0.1) is 18.6 Å². The Balaban J connectivity index is 2.00. The lowest BCUT2D eigenvalue weighted by Gasteiger charge is -2.25. The Labute approximate surface area is 201 Å².